The second-order valence-electron chi connectivity index (χ2n) is 7.67. The average Bonchev–Trinajstić information content (AvgIpc) is 2.80. The van der Waals surface area contributed by atoms with Crippen molar-refractivity contribution < 1.29 is 13.2 Å². The number of rotatable bonds is 6. The van der Waals surface area contributed by atoms with Gasteiger partial charge in [-0.1, -0.05) is 18.2 Å². The van der Waals surface area contributed by atoms with Crippen molar-refractivity contribution >= 4 is 21.5 Å². The molecule has 1 saturated heterocycles. The lowest BCUT2D eigenvalue weighted by atomic mass is 10.1. The molecule has 0 radical (unpaired) electrons. The Morgan fingerprint density at radius 3 is 2.48 bits per heavy atom. The van der Waals surface area contributed by atoms with E-state index in [4.69, 9.17) is 4.74 Å². The molecule has 2 heterocycles. The number of nitrogens with one attached hydrogen (secondary N) is 1. The van der Waals surface area contributed by atoms with Gasteiger partial charge in [0.05, 0.1) is 12.8 Å². The highest BCUT2D eigenvalue weighted by atomic mass is 32.2. The van der Waals surface area contributed by atoms with E-state index < -0.39 is 10.0 Å². The number of aromatic nitrogens is 2. The lowest BCUT2D eigenvalue weighted by Crippen LogP contribution is -2.30. The monoisotopic (exact) mass is 438 g/mol. The van der Waals surface area contributed by atoms with Crippen LogP contribution in [0.15, 0.2) is 59.5 Å². The third-order valence-electron chi connectivity index (χ3n) is 5.35. The second kappa shape index (κ2) is 8.93. The van der Waals surface area contributed by atoms with E-state index in [0.717, 1.165) is 30.0 Å². The molecule has 3 aromatic rings. The predicted octanol–water partition coefficient (Wildman–Crippen LogP) is 4.25. The molecule has 0 bridgehead atoms. The molecule has 1 N–H and O–H groups in total. The summed E-state index contributed by atoms with van der Waals surface area (Å²) >= 11 is 0. The number of hydrogen-bond donors (Lipinski definition) is 1. The fourth-order valence-electron chi connectivity index (χ4n) is 3.72. The van der Waals surface area contributed by atoms with Crippen LogP contribution in [0.3, 0.4) is 0 Å². The smallest absolute Gasteiger partial charge is 0.265 e. The van der Waals surface area contributed by atoms with Crippen LogP contribution < -0.4 is 14.4 Å². The van der Waals surface area contributed by atoms with Gasteiger partial charge in [0.2, 0.25) is 0 Å². The number of hydrogen-bond acceptors (Lipinski definition) is 6. The molecule has 31 heavy (non-hydrogen) atoms. The van der Waals surface area contributed by atoms with E-state index in [9.17, 15) is 8.42 Å². The minimum atomic E-state index is -3.82. The number of piperidine rings is 1. The van der Waals surface area contributed by atoms with Crippen LogP contribution in [0.5, 0.6) is 5.75 Å². The van der Waals surface area contributed by atoms with Gasteiger partial charge in [-0.05, 0) is 68.1 Å². The van der Waals surface area contributed by atoms with Crippen molar-refractivity contribution in [3.8, 4) is 17.0 Å². The Morgan fingerprint density at radius 2 is 1.77 bits per heavy atom. The van der Waals surface area contributed by atoms with Crippen LogP contribution >= 0.6 is 0 Å². The Balaban J connectivity index is 1.57. The first kappa shape index (κ1) is 21.1. The molecular formula is C23H26N4O3S. The molecule has 1 fully saturated rings. The lowest BCUT2D eigenvalue weighted by molar-refractivity contribution is 0.402. The molecule has 0 amide bonds. The van der Waals surface area contributed by atoms with Gasteiger partial charge < -0.3 is 9.64 Å². The van der Waals surface area contributed by atoms with E-state index >= 15 is 0 Å². The zero-order valence-electron chi connectivity index (χ0n) is 17.7. The summed E-state index contributed by atoms with van der Waals surface area (Å²) in [7, 11) is -2.36. The summed E-state index contributed by atoms with van der Waals surface area (Å²) in [5.74, 6) is 1.18. The molecule has 0 saturated carbocycles. The quantitative estimate of drug-likeness (QED) is 0.619. The number of aryl methyl sites for hydroxylation is 1. The van der Waals surface area contributed by atoms with Gasteiger partial charge in [-0.15, -0.1) is 10.2 Å². The summed E-state index contributed by atoms with van der Waals surface area (Å²) in [6.45, 7) is 3.85. The summed E-state index contributed by atoms with van der Waals surface area (Å²) in [4.78, 5) is 2.35. The summed E-state index contributed by atoms with van der Waals surface area (Å²) in [6, 6.07) is 16.1. The third kappa shape index (κ3) is 4.80. The Bertz CT molecular complexity index is 1160. The first-order chi connectivity index (χ1) is 15.0. The Morgan fingerprint density at radius 1 is 0.968 bits per heavy atom. The second-order valence-corrected chi connectivity index (χ2v) is 9.32. The number of benzene rings is 2. The lowest BCUT2D eigenvalue weighted by Gasteiger charge is -2.27. The molecule has 0 atom stereocenters. The highest BCUT2D eigenvalue weighted by molar-refractivity contribution is 7.92. The molecule has 8 heteroatoms. The number of anilines is 2. The fourth-order valence-corrected chi connectivity index (χ4v) is 5.02. The molecule has 0 unspecified atom stereocenters. The van der Waals surface area contributed by atoms with Crippen molar-refractivity contribution in [2.75, 3.05) is 29.8 Å². The maximum Gasteiger partial charge on any atom is 0.265 e. The standard InChI is InChI=1S/C23H26N4O3S/c1-17-9-11-21(30-2)22(15-17)31(28,29)26-19-8-6-7-18(16-19)20-10-12-23(25-24-20)27-13-4-3-5-14-27/h6-12,15-16,26H,3-5,13-14H2,1-2H3. The van der Waals surface area contributed by atoms with Gasteiger partial charge in [0.1, 0.15) is 10.6 Å². The number of methoxy groups -OCH3 is 1. The first-order valence-corrected chi connectivity index (χ1v) is 11.8. The topological polar surface area (TPSA) is 84.4 Å². The number of sulfonamides is 1. The Hall–Kier alpha value is -3.13. The summed E-state index contributed by atoms with van der Waals surface area (Å²) in [5.41, 5.74) is 2.76. The zero-order valence-corrected chi connectivity index (χ0v) is 18.5. The van der Waals surface area contributed by atoms with Gasteiger partial charge in [0, 0.05) is 24.3 Å². The van der Waals surface area contributed by atoms with E-state index in [1.54, 1.807) is 30.3 Å². The van der Waals surface area contributed by atoms with Crippen LogP contribution in [-0.4, -0.2) is 38.8 Å². The summed E-state index contributed by atoms with van der Waals surface area (Å²) < 4.78 is 33.8. The number of ether oxygens (including phenoxy) is 1. The predicted molar refractivity (Wildman–Crippen MR) is 122 cm³/mol. The fraction of sp³-hybridized carbons (Fsp3) is 0.304. The molecule has 1 aliphatic heterocycles. The van der Waals surface area contributed by atoms with Gasteiger partial charge in [-0.2, -0.15) is 0 Å². The van der Waals surface area contributed by atoms with Crippen molar-refractivity contribution in [3.63, 3.8) is 0 Å². The van der Waals surface area contributed by atoms with Crippen LogP contribution in [0.4, 0.5) is 11.5 Å². The number of nitrogens with zero attached hydrogens (tertiary/aromatic N) is 3. The van der Waals surface area contributed by atoms with Crippen LogP contribution in [0, 0.1) is 6.92 Å². The van der Waals surface area contributed by atoms with Crippen molar-refractivity contribution in [2.45, 2.75) is 31.1 Å². The Labute approximate surface area is 183 Å². The van der Waals surface area contributed by atoms with Gasteiger partial charge in [-0.25, -0.2) is 8.42 Å². The van der Waals surface area contributed by atoms with Crippen LogP contribution in [0.2, 0.25) is 0 Å². The average molecular weight is 439 g/mol. The molecular weight excluding hydrogens is 412 g/mol. The summed E-state index contributed by atoms with van der Waals surface area (Å²) in [5, 5.41) is 8.75. The van der Waals surface area contributed by atoms with Gasteiger partial charge in [0.15, 0.2) is 5.82 Å². The minimum Gasteiger partial charge on any atom is -0.495 e. The minimum absolute atomic E-state index is 0.103. The molecule has 2 aromatic carbocycles. The summed E-state index contributed by atoms with van der Waals surface area (Å²) in [6.07, 6.45) is 3.62. The van der Waals surface area contributed by atoms with Gasteiger partial charge in [-0.3, -0.25) is 4.72 Å². The van der Waals surface area contributed by atoms with Crippen molar-refractivity contribution in [2.24, 2.45) is 0 Å². The highest BCUT2D eigenvalue weighted by Crippen LogP contribution is 2.28. The van der Waals surface area contributed by atoms with E-state index in [0.29, 0.717) is 17.1 Å². The van der Waals surface area contributed by atoms with E-state index in [-0.39, 0.29) is 4.90 Å². The van der Waals surface area contributed by atoms with E-state index in [2.05, 4.69) is 19.8 Å². The molecule has 7 nitrogen and oxygen atoms in total. The zero-order chi connectivity index (χ0) is 21.8. The maximum absolute atomic E-state index is 13.0. The van der Waals surface area contributed by atoms with E-state index in [1.807, 2.05) is 31.2 Å². The molecule has 162 valence electrons. The molecule has 4 rings (SSSR count). The van der Waals surface area contributed by atoms with Crippen molar-refractivity contribution in [3.05, 3.63) is 60.2 Å². The first-order valence-electron chi connectivity index (χ1n) is 10.3. The van der Waals surface area contributed by atoms with Crippen LogP contribution in [0.25, 0.3) is 11.3 Å². The molecule has 1 aliphatic rings. The van der Waals surface area contributed by atoms with Gasteiger partial charge in [0.25, 0.3) is 10.0 Å². The SMILES string of the molecule is COc1ccc(C)cc1S(=O)(=O)Nc1cccc(-c2ccc(N3CCCCC3)nn2)c1. The van der Waals surface area contributed by atoms with E-state index in [1.165, 1.54) is 26.4 Å². The Kier molecular flexibility index (Phi) is 6.08. The molecule has 1 aromatic heterocycles. The molecule has 0 spiro atoms. The van der Waals surface area contributed by atoms with Crippen LogP contribution in [-0.2, 0) is 10.0 Å². The van der Waals surface area contributed by atoms with Gasteiger partial charge >= 0.3 is 0 Å². The molecule has 0 aliphatic carbocycles. The van der Waals surface area contributed by atoms with Crippen molar-refractivity contribution in [1.29, 1.82) is 0 Å². The van der Waals surface area contributed by atoms with Crippen molar-refractivity contribution in [1.82, 2.24) is 10.2 Å². The highest BCUT2D eigenvalue weighted by Gasteiger charge is 2.20. The maximum atomic E-state index is 13.0. The largest absolute Gasteiger partial charge is 0.495 e. The third-order valence-corrected chi connectivity index (χ3v) is 6.75. The normalized spacial score (nSPS) is 14.3. The van der Waals surface area contributed by atoms with Crippen LogP contribution in [0.1, 0.15) is 24.8 Å².